The van der Waals surface area contributed by atoms with Crippen LogP contribution in [0.3, 0.4) is 0 Å². The number of hydrogen-bond acceptors (Lipinski definition) is 6. The van der Waals surface area contributed by atoms with Gasteiger partial charge < -0.3 is 4.74 Å². The van der Waals surface area contributed by atoms with Crippen LogP contribution in [0.1, 0.15) is 21.5 Å². The summed E-state index contributed by atoms with van der Waals surface area (Å²) < 4.78 is 34.0. The number of para-hydroxylation sites is 1. The number of hydrogen-bond donors (Lipinski definition) is 1. The number of sulfonamides is 1. The molecule has 4 aromatic rings. The van der Waals surface area contributed by atoms with Gasteiger partial charge in [0.2, 0.25) is 0 Å². The number of nitrogens with zero attached hydrogens (tertiary/aromatic N) is 3. The molecule has 0 bridgehead atoms. The van der Waals surface area contributed by atoms with Crippen molar-refractivity contribution >= 4 is 27.8 Å². The highest BCUT2D eigenvalue weighted by atomic mass is 32.2. The molecule has 0 radical (unpaired) electrons. The Morgan fingerprint density at radius 2 is 1.69 bits per heavy atom. The summed E-state index contributed by atoms with van der Waals surface area (Å²) in [6, 6.07) is 25.4. The first kappa shape index (κ1) is 24.6. The van der Waals surface area contributed by atoms with E-state index in [4.69, 9.17) is 4.74 Å². The van der Waals surface area contributed by atoms with Crippen LogP contribution >= 0.6 is 0 Å². The molecule has 182 valence electrons. The molecule has 0 atom stereocenters. The van der Waals surface area contributed by atoms with Gasteiger partial charge in [0.15, 0.2) is 0 Å². The van der Waals surface area contributed by atoms with Gasteiger partial charge in [-0.15, -0.1) is 0 Å². The smallest absolute Gasteiger partial charge is 0.273 e. The first-order chi connectivity index (χ1) is 17.5. The van der Waals surface area contributed by atoms with Crippen LogP contribution in [0, 0.1) is 0 Å². The number of methoxy groups -OCH3 is 1. The van der Waals surface area contributed by atoms with Crippen molar-refractivity contribution in [2.45, 2.75) is 11.4 Å². The molecule has 1 heterocycles. The van der Waals surface area contributed by atoms with Gasteiger partial charge in [0.1, 0.15) is 5.75 Å². The number of carbonyl (C=O) groups excluding carboxylic acids is 1. The van der Waals surface area contributed by atoms with E-state index in [0.717, 1.165) is 5.56 Å². The Kier molecular flexibility index (Phi) is 7.72. The summed E-state index contributed by atoms with van der Waals surface area (Å²) in [6.07, 6.45) is 4.70. The second-order valence-corrected chi connectivity index (χ2v) is 9.54. The molecule has 8 nitrogen and oxygen atoms in total. The lowest BCUT2D eigenvalue weighted by Crippen LogP contribution is -2.33. The molecule has 1 aromatic heterocycles. The minimum atomic E-state index is -4.05. The zero-order valence-corrected chi connectivity index (χ0v) is 20.3. The van der Waals surface area contributed by atoms with Gasteiger partial charge in [-0.3, -0.25) is 14.1 Å². The normalized spacial score (nSPS) is 11.2. The lowest BCUT2D eigenvalue weighted by atomic mass is 10.1. The average molecular weight is 501 g/mol. The second kappa shape index (κ2) is 11.3. The van der Waals surface area contributed by atoms with Crippen molar-refractivity contribution in [3.05, 3.63) is 120 Å². The maximum absolute atomic E-state index is 13.8. The Bertz CT molecular complexity index is 1440. The topological polar surface area (TPSA) is 101 Å². The highest BCUT2D eigenvalue weighted by Crippen LogP contribution is 2.30. The fourth-order valence-corrected chi connectivity index (χ4v) is 4.96. The Labute approximate surface area is 209 Å². The van der Waals surface area contributed by atoms with Gasteiger partial charge in [0, 0.05) is 18.0 Å². The summed E-state index contributed by atoms with van der Waals surface area (Å²) in [5.74, 6) is -0.0106. The van der Waals surface area contributed by atoms with E-state index in [-0.39, 0.29) is 22.7 Å². The Balaban J connectivity index is 1.71. The van der Waals surface area contributed by atoms with Crippen molar-refractivity contribution in [3.63, 3.8) is 0 Å². The number of carbonyl (C=O) groups is 1. The molecule has 0 fully saturated rings. The minimum absolute atomic E-state index is 0.0262. The molecular weight excluding hydrogens is 476 g/mol. The summed E-state index contributed by atoms with van der Waals surface area (Å²) in [5, 5.41) is 4.00. The quantitative estimate of drug-likeness (QED) is 0.274. The van der Waals surface area contributed by atoms with E-state index in [9.17, 15) is 13.2 Å². The molecule has 0 unspecified atom stereocenters. The summed E-state index contributed by atoms with van der Waals surface area (Å²) in [5.41, 5.74) is 4.34. The molecule has 1 amide bonds. The van der Waals surface area contributed by atoms with E-state index in [2.05, 4.69) is 15.5 Å². The van der Waals surface area contributed by atoms with Crippen LogP contribution in [0.4, 0.5) is 5.69 Å². The van der Waals surface area contributed by atoms with Gasteiger partial charge in [-0.25, -0.2) is 13.8 Å². The standard InChI is InChI=1S/C27H24N4O4S/c1-35-23-13-15-24(16-14-23)36(33,34)31(20-21-8-3-2-4-9-21)26-12-6-5-11-25(26)27(32)30-29-19-22-10-7-17-28-18-22/h2-19H,20H2,1H3,(H,30,32)/b29-19-. The number of rotatable bonds is 9. The van der Waals surface area contributed by atoms with Crippen LogP contribution < -0.4 is 14.5 Å². The number of anilines is 1. The molecule has 9 heteroatoms. The zero-order chi connectivity index (χ0) is 25.4. The molecule has 0 aliphatic rings. The number of pyridine rings is 1. The van der Waals surface area contributed by atoms with E-state index in [1.807, 2.05) is 30.3 Å². The van der Waals surface area contributed by atoms with Crippen molar-refractivity contribution < 1.29 is 17.9 Å². The lowest BCUT2D eigenvalue weighted by Gasteiger charge is -2.26. The third-order valence-corrected chi connectivity index (χ3v) is 7.07. The van der Waals surface area contributed by atoms with Gasteiger partial charge in [0.05, 0.1) is 36.0 Å². The number of hydrazone groups is 1. The molecule has 36 heavy (non-hydrogen) atoms. The fraction of sp³-hybridized carbons (Fsp3) is 0.0741. The Morgan fingerprint density at radius 1 is 0.972 bits per heavy atom. The summed E-state index contributed by atoms with van der Waals surface area (Å²) >= 11 is 0. The predicted octanol–water partition coefficient (Wildman–Crippen LogP) is 4.25. The van der Waals surface area contributed by atoms with Crippen molar-refractivity contribution in [3.8, 4) is 5.75 Å². The first-order valence-corrected chi connectivity index (χ1v) is 12.5. The van der Waals surface area contributed by atoms with Crippen LogP contribution in [0.5, 0.6) is 5.75 Å². The zero-order valence-electron chi connectivity index (χ0n) is 19.5. The number of aromatic nitrogens is 1. The van der Waals surface area contributed by atoms with Gasteiger partial charge in [-0.05, 0) is 48.0 Å². The molecule has 0 aliphatic carbocycles. The molecular formula is C27H24N4O4S. The minimum Gasteiger partial charge on any atom is -0.497 e. The van der Waals surface area contributed by atoms with E-state index < -0.39 is 15.9 Å². The molecule has 4 rings (SSSR count). The largest absolute Gasteiger partial charge is 0.497 e. The average Bonchev–Trinajstić information content (AvgIpc) is 2.93. The maximum Gasteiger partial charge on any atom is 0.273 e. The van der Waals surface area contributed by atoms with Crippen molar-refractivity contribution in [1.82, 2.24) is 10.4 Å². The summed E-state index contributed by atoms with van der Waals surface area (Å²) in [6.45, 7) is 0.0262. The fourth-order valence-electron chi connectivity index (χ4n) is 3.48. The molecule has 0 saturated heterocycles. The summed E-state index contributed by atoms with van der Waals surface area (Å²) in [4.78, 5) is 17.2. The molecule has 1 N–H and O–H groups in total. The SMILES string of the molecule is COc1ccc(S(=O)(=O)N(Cc2ccccc2)c2ccccc2C(=O)N/N=C\c2cccnc2)cc1. The molecule has 0 saturated carbocycles. The van der Waals surface area contributed by atoms with E-state index in [1.165, 1.54) is 29.8 Å². The predicted molar refractivity (Wildman–Crippen MR) is 139 cm³/mol. The van der Waals surface area contributed by atoms with E-state index in [0.29, 0.717) is 11.3 Å². The Morgan fingerprint density at radius 3 is 2.39 bits per heavy atom. The van der Waals surface area contributed by atoms with Crippen LogP contribution in [-0.2, 0) is 16.6 Å². The molecule has 3 aromatic carbocycles. The van der Waals surface area contributed by atoms with Crippen molar-refractivity contribution in [2.75, 3.05) is 11.4 Å². The van der Waals surface area contributed by atoms with Crippen LogP contribution in [-0.4, -0.2) is 32.6 Å². The van der Waals surface area contributed by atoms with Gasteiger partial charge in [0.25, 0.3) is 15.9 Å². The third kappa shape index (κ3) is 5.76. The molecule has 0 aliphatic heterocycles. The second-order valence-electron chi connectivity index (χ2n) is 7.68. The Hall–Kier alpha value is -4.50. The van der Waals surface area contributed by atoms with Crippen LogP contribution in [0.25, 0.3) is 0 Å². The molecule has 0 spiro atoms. The number of nitrogens with one attached hydrogen (secondary N) is 1. The van der Waals surface area contributed by atoms with E-state index in [1.54, 1.807) is 60.9 Å². The van der Waals surface area contributed by atoms with Gasteiger partial charge in [-0.2, -0.15) is 5.10 Å². The number of benzene rings is 3. The third-order valence-electron chi connectivity index (χ3n) is 5.30. The highest BCUT2D eigenvalue weighted by molar-refractivity contribution is 7.92. The first-order valence-electron chi connectivity index (χ1n) is 11.0. The van der Waals surface area contributed by atoms with Gasteiger partial charge >= 0.3 is 0 Å². The lowest BCUT2D eigenvalue weighted by molar-refractivity contribution is 0.0955. The van der Waals surface area contributed by atoms with Crippen LogP contribution in [0.2, 0.25) is 0 Å². The van der Waals surface area contributed by atoms with Crippen LogP contribution in [0.15, 0.2) is 113 Å². The number of ether oxygens (including phenoxy) is 1. The number of amides is 1. The van der Waals surface area contributed by atoms with E-state index >= 15 is 0 Å². The summed E-state index contributed by atoms with van der Waals surface area (Å²) in [7, 11) is -2.53. The maximum atomic E-state index is 13.8. The van der Waals surface area contributed by atoms with Crippen molar-refractivity contribution in [1.29, 1.82) is 0 Å². The van der Waals surface area contributed by atoms with Gasteiger partial charge in [-0.1, -0.05) is 48.5 Å². The highest BCUT2D eigenvalue weighted by Gasteiger charge is 2.28. The van der Waals surface area contributed by atoms with Crippen molar-refractivity contribution in [2.24, 2.45) is 5.10 Å². The monoisotopic (exact) mass is 500 g/mol.